The second-order valence-electron chi connectivity index (χ2n) is 5.43. The minimum Gasteiger partial charge on any atom is -0.454 e. The minimum atomic E-state index is -0.497. The molecule has 1 aromatic carbocycles. The van der Waals surface area contributed by atoms with Gasteiger partial charge in [0.2, 0.25) is 6.79 Å². The Balaban J connectivity index is 1.59. The van der Waals surface area contributed by atoms with E-state index >= 15 is 0 Å². The number of nitrogens with two attached hydrogens (primary N) is 1. The van der Waals surface area contributed by atoms with E-state index < -0.39 is 12.8 Å². The van der Waals surface area contributed by atoms with Crippen molar-refractivity contribution in [3.63, 3.8) is 0 Å². The summed E-state index contributed by atoms with van der Waals surface area (Å²) in [6.45, 7) is 0.0741. The van der Waals surface area contributed by atoms with Gasteiger partial charge in [0.25, 0.3) is 0 Å². The molecule has 6 nitrogen and oxygen atoms in total. The molecule has 0 spiro atoms. The van der Waals surface area contributed by atoms with Gasteiger partial charge in [-0.25, -0.2) is 9.37 Å². The van der Waals surface area contributed by atoms with E-state index in [4.69, 9.17) is 19.9 Å². The lowest BCUT2D eigenvalue weighted by Gasteiger charge is -2.33. The number of nitrogens with one attached hydrogen (secondary N) is 1. The first-order valence-corrected chi connectivity index (χ1v) is 7.95. The molecule has 118 valence electrons. The van der Waals surface area contributed by atoms with Crippen LogP contribution in [0.4, 0.5) is 9.52 Å². The van der Waals surface area contributed by atoms with Crippen LogP contribution in [0.2, 0.25) is 0 Å². The molecule has 1 saturated heterocycles. The molecule has 1 fully saturated rings. The fourth-order valence-corrected chi connectivity index (χ4v) is 3.67. The Morgan fingerprint density at radius 1 is 1.41 bits per heavy atom. The summed E-state index contributed by atoms with van der Waals surface area (Å²) in [5.74, 6) is 1.39. The van der Waals surface area contributed by atoms with Crippen LogP contribution in [0.5, 0.6) is 11.5 Å². The summed E-state index contributed by atoms with van der Waals surface area (Å²) in [5, 5.41) is 4.06. The molecule has 0 radical (unpaired) electrons. The SMILES string of the molecule is N[C@H]1CO[C@@H](CF)C[C@H]1Nc1nc2c3c(ccc2s1)OCO3. The van der Waals surface area contributed by atoms with Gasteiger partial charge in [0.05, 0.1) is 17.4 Å². The number of nitrogens with zero attached hydrogens (tertiary/aromatic N) is 1. The fourth-order valence-electron chi connectivity index (χ4n) is 2.74. The van der Waals surface area contributed by atoms with Crippen LogP contribution in [0.3, 0.4) is 0 Å². The molecule has 0 bridgehead atoms. The van der Waals surface area contributed by atoms with Crippen molar-refractivity contribution in [1.82, 2.24) is 4.98 Å². The van der Waals surface area contributed by atoms with Crippen molar-refractivity contribution >= 4 is 26.7 Å². The monoisotopic (exact) mass is 325 g/mol. The standard InChI is InChI=1S/C14H16FN3O3S/c15-4-7-3-9(8(16)5-19-7)17-14-18-12-11(22-14)2-1-10-13(12)21-6-20-10/h1-2,7-9H,3-6,16H2,(H,17,18)/t7-,8+,9-/m1/s1. The first kappa shape index (κ1) is 14.0. The second-order valence-corrected chi connectivity index (χ2v) is 6.46. The maximum Gasteiger partial charge on any atom is 0.231 e. The van der Waals surface area contributed by atoms with E-state index in [0.29, 0.717) is 24.5 Å². The number of benzene rings is 1. The van der Waals surface area contributed by atoms with E-state index in [1.54, 1.807) is 0 Å². The molecule has 0 amide bonds. The maximum atomic E-state index is 12.8. The van der Waals surface area contributed by atoms with Gasteiger partial charge in [-0.05, 0) is 18.6 Å². The van der Waals surface area contributed by atoms with Crippen molar-refractivity contribution < 1.29 is 18.6 Å². The topological polar surface area (TPSA) is 78.6 Å². The molecule has 0 aliphatic carbocycles. The third-order valence-corrected chi connectivity index (χ3v) is 4.89. The van der Waals surface area contributed by atoms with Crippen LogP contribution >= 0.6 is 11.3 Å². The Morgan fingerprint density at radius 3 is 3.18 bits per heavy atom. The molecule has 1 aromatic heterocycles. The van der Waals surface area contributed by atoms with E-state index in [2.05, 4.69) is 10.3 Å². The van der Waals surface area contributed by atoms with Crippen LogP contribution in [-0.4, -0.2) is 43.2 Å². The van der Waals surface area contributed by atoms with Crippen molar-refractivity contribution in [3.05, 3.63) is 12.1 Å². The molecule has 3 N–H and O–H groups in total. The smallest absolute Gasteiger partial charge is 0.231 e. The van der Waals surface area contributed by atoms with E-state index in [-0.39, 0.29) is 18.9 Å². The first-order valence-electron chi connectivity index (χ1n) is 7.13. The predicted molar refractivity (Wildman–Crippen MR) is 81.5 cm³/mol. The summed E-state index contributed by atoms with van der Waals surface area (Å²) < 4.78 is 30.0. The van der Waals surface area contributed by atoms with Crippen LogP contribution < -0.4 is 20.5 Å². The number of hydrogen-bond acceptors (Lipinski definition) is 7. The summed E-state index contributed by atoms with van der Waals surface area (Å²) in [4.78, 5) is 4.58. The molecule has 3 heterocycles. The van der Waals surface area contributed by atoms with Gasteiger partial charge in [0.15, 0.2) is 16.6 Å². The Morgan fingerprint density at radius 2 is 2.32 bits per heavy atom. The minimum absolute atomic E-state index is 0.0553. The van der Waals surface area contributed by atoms with Crippen molar-refractivity contribution in [2.24, 2.45) is 5.73 Å². The van der Waals surface area contributed by atoms with Crippen LogP contribution in [0.1, 0.15) is 6.42 Å². The number of halogens is 1. The molecule has 8 heteroatoms. The normalized spacial score (nSPS) is 27.3. The lowest BCUT2D eigenvalue weighted by molar-refractivity contribution is -0.0127. The van der Waals surface area contributed by atoms with Gasteiger partial charge in [-0.3, -0.25) is 0 Å². The molecule has 0 saturated carbocycles. The molecule has 2 aliphatic rings. The molecule has 0 unspecified atom stereocenters. The van der Waals surface area contributed by atoms with Gasteiger partial charge in [0, 0.05) is 12.1 Å². The molecular weight excluding hydrogens is 309 g/mol. The lowest BCUT2D eigenvalue weighted by Crippen LogP contribution is -2.50. The summed E-state index contributed by atoms with van der Waals surface area (Å²) >= 11 is 1.52. The first-order chi connectivity index (χ1) is 10.7. The summed E-state index contributed by atoms with van der Waals surface area (Å²) in [6, 6.07) is 3.60. The van der Waals surface area contributed by atoms with Crippen LogP contribution in [0.25, 0.3) is 10.2 Å². The Labute approximate surface area is 130 Å². The average molecular weight is 325 g/mol. The number of alkyl halides is 1. The number of ether oxygens (including phenoxy) is 3. The highest BCUT2D eigenvalue weighted by Crippen LogP contribution is 2.41. The molecule has 22 heavy (non-hydrogen) atoms. The van der Waals surface area contributed by atoms with Crippen LogP contribution in [-0.2, 0) is 4.74 Å². The van der Waals surface area contributed by atoms with E-state index in [9.17, 15) is 4.39 Å². The number of rotatable bonds is 3. The molecule has 4 rings (SSSR count). The third kappa shape index (κ3) is 2.37. The number of hydrogen-bond donors (Lipinski definition) is 2. The Bertz CT molecular complexity index is 695. The second kappa shape index (κ2) is 5.53. The molecule has 2 aromatic rings. The van der Waals surface area contributed by atoms with E-state index in [1.807, 2.05) is 12.1 Å². The largest absolute Gasteiger partial charge is 0.454 e. The predicted octanol–water partition coefficient (Wildman–Crippen LogP) is 1.89. The van der Waals surface area contributed by atoms with E-state index in [0.717, 1.165) is 15.3 Å². The number of thiazole rings is 1. The van der Waals surface area contributed by atoms with Crippen LogP contribution in [0.15, 0.2) is 12.1 Å². The quantitative estimate of drug-likeness (QED) is 0.897. The number of fused-ring (bicyclic) bond motifs is 3. The van der Waals surface area contributed by atoms with Gasteiger partial charge in [0.1, 0.15) is 12.2 Å². The third-order valence-electron chi connectivity index (χ3n) is 3.94. The zero-order chi connectivity index (χ0) is 15.1. The van der Waals surface area contributed by atoms with Crippen molar-refractivity contribution in [2.75, 3.05) is 25.4 Å². The molecule has 2 aliphatic heterocycles. The van der Waals surface area contributed by atoms with Crippen molar-refractivity contribution in [2.45, 2.75) is 24.6 Å². The highest BCUT2D eigenvalue weighted by Gasteiger charge is 2.30. The Hall–Kier alpha value is -1.64. The fraction of sp³-hybridized carbons (Fsp3) is 0.500. The lowest BCUT2D eigenvalue weighted by atomic mass is 10.00. The van der Waals surface area contributed by atoms with Crippen LogP contribution in [0, 0.1) is 0 Å². The summed E-state index contributed by atoms with van der Waals surface area (Å²) in [7, 11) is 0. The zero-order valence-corrected chi connectivity index (χ0v) is 12.6. The van der Waals surface area contributed by atoms with E-state index in [1.165, 1.54) is 11.3 Å². The van der Waals surface area contributed by atoms with Gasteiger partial charge in [-0.2, -0.15) is 0 Å². The Kier molecular flexibility index (Phi) is 3.51. The van der Waals surface area contributed by atoms with Gasteiger partial charge < -0.3 is 25.3 Å². The van der Waals surface area contributed by atoms with Crippen molar-refractivity contribution in [1.29, 1.82) is 0 Å². The van der Waals surface area contributed by atoms with Gasteiger partial charge in [-0.1, -0.05) is 11.3 Å². The molecule has 3 atom stereocenters. The number of aromatic nitrogens is 1. The summed E-state index contributed by atoms with van der Waals surface area (Å²) in [5.41, 5.74) is 6.83. The van der Waals surface area contributed by atoms with Crippen molar-refractivity contribution in [3.8, 4) is 11.5 Å². The summed E-state index contributed by atoms with van der Waals surface area (Å²) in [6.07, 6.45) is 0.137. The molecular formula is C14H16FN3O3S. The van der Waals surface area contributed by atoms with Gasteiger partial charge in [-0.15, -0.1) is 0 Å². The highest BCUT2D eigenvalue weighted by atomic mass is 32.1. The zero-order valence-electron chi connectivity index (χ0n) is 11.8. The van der Waals surface area contributed by atoms with Gasteiger partial charge >= 0.3 is 0 Å². The number of anilines is 1. The average Bonchev–Trinajstić information content (AvgIpc) is 3.14. The highest BCUT2D eigenvalue weighted by molar-refractivity contribution is 7.22. The maximum absolute atomic E-state index is 12.8.